The molecule has 0 fully saturated rings. The molecule has 0 bridgehead atoms. The summed E-state index contributed by atoms with van der Waals surface area (Å²) < 4.78 is 19.8. The van der Waals surface area contributed by atoms with Gasteiger partial charge >= 0.3 is 5.97 Å². The van der Waals surface area contributed by atoms with E-state index in [1.807, 2.05) is 0 Å². The number of aromatic nitrogens is 2. The van der Waals surface area contributed by atoms with Gasteiger partial charge in [0.1, 0.15) is 11.5 Å². The molecular weight excluding hydrogens is 313 g/mol. The van der Waals surface area contributed by atoms with E-state index in [1.54, 1.807) is 35.7 Å². The van der Waals surface area contributed by atoms with Crippen LogP contribution < -0.4 is 5.32 Å². The molecule has 0 radical (unpaired) electrons. The molecule has 2 aromatic heterocycles. The minimum absolute atomic E-state index is 0.00666. The summed E-state index contributed by atoms with van der Waals surface area (Å²) in [7, 11) is 0. The Labute approximate surface area is 136 Å². The highest BCUT2D eigenvalue weighted by molar-refractivity contribution is 6.07. The van der Waals surface area contributed by atoms with Crippen molar-refractivity contribution >= 4 is 23.3 Å². The summed E-state index contributed by atoms with van der Waals surface area (Å²) >= 11 is 0. The Morgan fingerprint density at radius 2 is 2.08 bits per heavy atom. The number of pyridine rings is 1. The summed E-state index contributed by atoms with van der Waals surface area (Å²) in [5, 5.41) is 2.61. The Hall–Kier alpha value is -3.22. The number of fused-ring (bicyclic) bond motifs is 1. The molecule has 6 nitrogen and oxygen atoms in total. The van der Waals surface area contributed by atoms with Crippen LogP contribution in [0.3, 0.4) is 0 Å². The number of carbonyl (C=O) groups excluding carboxylic acids is 2. The number of esters is 1. The molecule has 0 aliphatic heterocycles. The molecule has 0 aliphatic carbocycles. The molecule has 0 spiro atoms. The van der Waals surface area contributed by atoms with Gasteiger partial charge in [-0.25, -0.2) is 14.2 Å². The van der Waals surface area contributed by atoms with Gasteiger partial charge in [0.2, 0.25) is 0 Å². The van der Waals surface area contributed by atoms with E-state index in [4.69, 9.17) is 4.74 Å². The van der Waals surface area contributed by atoms with Crippen molar-refractivity contribution in [1.82, 2.24) is 9.38 Å². The number of benzene rings is 1. The van der Waals surface area contributed by atoms with Crippen molar-refractivity contribution in [3.8, 4) is 0 Å². The number of halogens is 1. The number of hydrogen-bond acceptors (Lipinski definition) is 4. The predicted molar refractivity (Wildman–Crippen MR) is 85.5 cm³/mol. The molecular formula is C17H14FN3O3. The highest BCUT2D eigenvalue weighted by Gasteiger charge is 2.22. The average Bonchev–Trinajstić information content (AvgIpc) is 2.94. The van der Waals surface area contributed by atoms with Gasteiger partial charge in [-0.15, -0.1) is 0 Å². The number of imidazole rings is 1. The Balaban J connectivity index is 2.02. The molecule has 24 heavy (non-hydrogen) atoms. The van der Waals surface area contributed by atoms with E-state index in [2.05, 4.69) is 10.3 Å². The van der Waals surface area contributed by atoms with Crippen LogP contribution in [0.1, 0.15) is 27.8 Å². The molecule has 0 saturated carbocycles. The van der Waals surface area contributed by atoms with Gasteiger partial charge in [0.25, 0.3) is 5.91 Å². The number of ether oxygens (including phenoxy) is 1. The predicted octanol–water partition coefficient (Wildman–Crippen LogP) is 2.90. The van der Waals surface area contributed by atoms with Crippen molar-refractivity contribution in [2.24, 2.45) is 0 Å². The molecule has 7 heteroatoms. The van der Waals surface area contributed by atoms with E-state index >= 15 is 0 Å². The van der Waals surface area contributed by atoms with Crippen LogP contribution in [0.25, 0.3) is 5.65 Å². The molecule has 1 amide bonds. The lowest BCUT2D eigenvalue weighted by atomic mass is 10.2. The number of rotatable bonds is 4. The van der Waals surface area contributed by atoms with Crippen LogP contribution in [-0.4, -0.2) is 27.9 Å². The number of nitrogens with zero attached hydrogens (tertiary/aromatic N) is 2. The van der Waals surface area contributed by atoms with E-state index in [9.17, 15) is 14.0 Å². The van der Waals surface area contributed by atoms with Gasteiger partial charge in [-0.2, -0.15) is 0 Å². The summed E-state index contributed by atoms with van der Waals surface area (Å²) in [4.78, 5) is 28.7. The Bertz CT molecular complexity index is 920. The first-order valence-electron chi connectivity index (χ1n) is 7.31. The van der Waals surface area contributed by atoms with Crippen molar-refractivity contribution in [2.45, 2.75) is 6.92 Å². The van der Waals surface area contributed by atoms with E-state index in [0.717, 1.165) is 6.07 Å². The fraction of sp³-hybridized carbons (Fsp3) is 0.118. The fourth-order valence-electron chi connectivity index (χ4n) is 2.27. The van der Waals surface area contributed by atoms with Gasteiger partial charge in [0.05, 0.1) is 6.61 Å². The number of anilines is 1. The van der Waals surface area contributed by atoms with Crippen LogP contribution in [0.5, 0.6) is 0 Å². The third-order valence-corrected chi connectivity index (χ3v) is 3.32. The largest absolute Gasteiger partial charge is 0.461 e. The number of carbonyl (C=O) groups is 2. The molecule has 2 heterocycles. The van der Waals surface area contributed by atoms with E-state index in [0.29, 0.717) is 5.65 Å². The minimum Gasteiger partial charge on any atom is -0.461 e. The van der Waals surface area contributed by atoms with Crippen LogP contribution in [0.15, 0.2) is 48.7 Å². The van der Waals surface area contributed by atoms with Crippen molar-refractivity contribution in [3.05, 3.63) is 65.7 Å². The zero-order valence-electron chi connectivity index (χ0n) is 12.8. The highest BCUT2D eigenvalue weighted by Crippen LogP contribution is 2.20. The Morgan fingerprint density at radius 3 is 2.83 bits per heavy atom. The molecule has 0 saturated heterocycles. The first kappa shape index (κ1) is 15.7. The first-order valence-corrected chi connectivity index (χ1v) is 7.31. The topological polar surface area (TPSA) is 72.7 Å². The van der Waals surface area contributed by atoms with Gasteiger partial charge in [0, 0.05) is 11.8 Å². The van der Waals surface area contributed by atoms with E-state index < -0.39 is 17.7 Å². The summed E-state index contributed by atoms with van der Waals surface area (Å²) in [5.41, 5.74) is 0.610. The van der Waals surface area contributed by atoms with Crippen LogP contribution in [-0.2, 0) is 4.74 Å². The fourth-order valence-corrected chi connectivity index (χ4v) is 2.27. The summed E-state index contributed by atoms with van der Waals surface area (Å²) in [6.45, 7) is 1.86. The molecule has 3 aromatic rings. The van der Waals surface area contributed by atoms with E-state index in [1.165, 1.54) is 18.2 Å². The first-order chi connectivity index (χ1) is 11.6. The second-order valence-electron chi connectivity index (χ2n) is 4.92. The number of hydrogen-bond donors (Lipinski definition) is 1. The number of nitrogens with one attached hydrogen (secondary N) is 1. The van der Waals surface area contributed by atoms with Crippen LogP contribution in [0.4, 0.5) is 10.2 Å². The zero-order chi connectivity index (χ0) is 17.1. The Kier molecular flexibility index (Phi) is 4.24. The molecule has 1 aromatic carbocycles. The lowest BCUT2D eigenvalue weighted by Gasteiger charge is -2.07. The minimum atomic E-state index is -0.643. The smallest absolute Gasteiger partial charge is 0.360 e. The summed E-state index contributed by atoms with van der Waals surface area (Å²) in [6, 6.07) is 10.5. The molecule has 122 valence electrons. The van der Waals surface area contributed by atoms with Gasteiger partial charge in [-0.3, -0.25) is 9.20 Å². The van der Waals surface area contributed by atoms with Gasteiger partial charge < -0.3 is 10.1 Å². The molecule has 1 N–H and O–H groups in total. The van der Waals surface area contributed by atoms with Crippen LogP contribution >= 0.6 is 0 Å². The summed E-state index contributed by atoms with van der Waals surface area (Å²) in [5.74, 6) is -1.54. The third kappa shape index (κ3) is 2.96. The normalized spacial score (nSPS) is 10.6. The quantitative estimate of drug-likeness (QED) is 0.748. The standard InChI is InChI=1S/C17H14FN3O3/c1-2-24-17(23)14-15(21-9-4-3-8-13(21)19-14)20-16(22)11-6-5-7-12(18)10-11/h3-10H,2H2,1H3,(H,20,22). The van der Waals surface area contributed by atoms with Gasteiger partial charge in [-0.05, 0) is 37.3 Å². The lowest BCUT2D eigenvalue weighted by Crippen LogP contribution is -2.17. The third-order valence-electron chi connectivity index (χ3n) is 3.32. The second kappa shape index (κ2) is 6.49. The van der Waals surface area contributed by atoms with Crippen LogP contribution in [0, 0.1) is 5.82 Å². The lowest BCUT2D eigenvalue weighted by molar-refractivity contribution is 0.0521. The Morgan fingerprint density at radius 1 is 1.25 bits per heavy atom. The maximum absolute atomic E-state index is 13.3. The van der Waals surface area contributed by atoms with Crippen molar-refractivity contribution in [1.29, 1.82) is 0 Å². The van der Waals surface area contributed by atoms with E-state index in [-0.39, 0.29) is 23.7 Å². The maximum atomic E-state index is 13.3. The molecule has 0 aliphatic rings. The number of amides is 1. The van der Waals surface area contributed by atoms with Crippen LogP contribution in [0.2, 0.25) is 0 Å². The van der Waals surface area contributed by atoms with Gasteiger partial charge in [0.15, 0.2) is 11.5 Å². The second-order valence-corrected chi connectivity index (χ2v) is 4.92. The zero-order valence-corrected chi connectivity index (χ0v) is 12.8. The highest BCUT2D eigenvalue weighted by atomic mass is 19.1. The summed E-state index contributed by atoms with van der Waals surface area (Å²) in [6.07, 6.45) is 1.66. The molecule has 0 unspecified atom stereocenters. The van der Waals surface area contributed by atoms with Crippen molar-refractivity contribution in [3.63, 3.8) is 0 Å². The molecule has 0 atom stereocenters. The average molecular weight is 327 g/mol. The molecule has 3 rings (SSSR count). The SMILES string of the molecule is CCOC(=O)c1nc2ccccn2c1NC(=O)c1cccc(F)c1. The van der Waals surface area contributed by atoms with Crippen molar-refractivity contribution in [2.75, 3.05) is 11.9 Å². The monoisotopic (exact) mass is 327 g/mol. The maximum Gasteiger partial charge on any atom is 0.360 e. The van der Waals surface area contributed by atoms with Gasteiger partial charge in [-0.1, -0.05) is 12.1 Å². The van der Waals surface area contributed by atoms with Crippen molar-refractivity contribution < 1.29 is 18.7 Å².